The molecule has 0 atom stereocenters. The van der Waals surface area contributed by atoms with E-state index in [-0.39, 0.29) is 0 Å². The van der Waals surface area contributed by atoms with Crippen LogP contribution in [-0.2, 0) is 13.5 Å². The van der Waals surface area contributed by atoms with Gasteiger partial charge in [-0.3, -0.25) is 4.68 Å². The summed E-state index contributed by atoms with van der Waals surface area (Å²) in [7, 11) is 3.99. The minimum Gasteiger partial charge on any atom is -0.319 e. The molecular weight excluding hydrogens is 176 g/mol. The topological polar surface area (TPSA) is 42.7 Å². The molecule has 1 saturated carbocycles. The van der Waals surface area contributed by atoms with Crippen molar-refractivity contribution >= 4 is 0 Å². The van der Waals surface area contributed by atoms with Gasteiger partial charge in [0.1, 0.15) is 12.2 Å². The number of hydrogen-bond donors (Lipinski definition) is 1. The molecule has 1 fully saturated rings. The zero-order valence-corrected chi connectivity index (χ0v) is 8.95. The summed E-state index contributed by atoms with van der Waals surface area (Å²) in [6.45, 7) is 1.10. The summed E-state index contributed by atoms with van der Waals surface area (Å²) >= 11 is 0. The molecule has 1 aliphatic carbocycles. The minimum absolute atomic E-state index is 0.454. The van der Waals surface area contributed by atoms with E-state index in [9.17, 15) is 0 Å². The molecule has 0 amide bonds. The maximum Gasteiger partial charge on any atom is 0.138 e. The van der Waals surface area contributed by atoms with Crippen LogP contribution in [0.3, 0.4) is 0 Å². The van der Waals surface area contributed by atoms with Crippen molar-refractivity contribution in [2.24, 2.45) is 12.5 Å². The lowest BCUT2D eigenvalue weighted by Crippen LogP contribution is -2.41. The average molecular weight is 194 g/mol. The van der Waals surface area contributed by atoms with Crippen molar-refractivity contribution in [3.63, 3.8) is 0 Å². The Labute approximate surface area is 84.7 Å². The normalized spacial score (nSPS) is 19.3. The largest absolute Gasteiger partial charge is 0.319 e. The molecule has 1 aromatic rings. The van der Waals surface area contributed by atoms with Crippen molar-refractivity contribution in [2.45, 2.75) is 25.7 Å². The van der Waals surface area contributed by atoms with E-state index in [0.29, 0.717) is 5.41 Å². The van der Waals surface area contributed by atoms with Crippen LogP contribution in [-0.4, -0.2) is 28.4 Å². The Hall–Kier alpha value is -0.900. The van der Waals surface area contributed by atoms with Gasteiger partial charge in [-0.2, -0.15) is 5.10 Å². The Morgan fingerprint density at radius 1 is 1.57 bits per heavy atom. The predicted octanol–water partition coefficient (Wildman–Crippen LogP) is 0.747. The third kappa shape index (κ3) is 1.66. The van der Waals surface area contributed by atoms with E-state index in [2.05, 4.69) is 15.4 Å². The molecule has 0 radical (unpaired) electrons. The molecule has 78 valence electrons. The smallest absolute Gasteiger partial charge is 0.138 e. The minimum atomic E-state index is 0.454. The fraction of sp³-hybridized carbons (Fsp3) is 0.800. The van der Waals surface area contributed by atoms with Gasteiger partial charge in [-0.05, 0) is 25.3 Å². The van der Waals surface area contributed by atoms with Crippen LogP contribution >= 0.6 is 0 Å². The SMILES string of the molecule is CNCC1(Cc2ncnn2C)CCC1. The summed E-state index contributed by atoms with van der Waals surface area (Å²) in [6, 6.07) is 0. The van der Waals surface area contributed by atoms with Crippen LogP contribution in [0.15, 0.2) is 6.33 Å². The summed E-state index contributed by atoms with van der Waals surface area (Å²) < 4.78 is 1.88. The highest BCUT2D eigenvalue weighted by Crippen LogP contribution is 2.42. The Morgan fingerprint density at radius 2 is 2.36 bits per heavy atom. The molecule has 0 aromatic carbocycles. The second kappa shape index (κ2) is 3.69. The van der Waals surface area contributed by atoms with Crippen LogP contribution in [0, 0.1) is 5.41 Å². The second-order valence-corrected chi connectivity index (χ2v) is 4.36. The lowest BCUT2D eigenvalue weighted by Gasteiger charge is -2.41. The highest BCUT2D eigenvalue weighted by molar-refractivity contribution is 4.98. The zero-order valence-electron chi connectivity index (χ0n) is 8.95. The molecule has 1 aromatic heterocycles. The van der Waals surface area contributed by atoms with Crippen molar-refractivity contribution < 1.29 is 0 Å². The van der Waals surface area contributed by atoms with E-state index < -0.39 is 0 Å². The van der Waals surface area contributed by atoms with Crippen LogP contribution in [0.4, 0.5) is 0 Å². The number of rotatable bonds is 4. The van der Waals surface area contributed by atoms with Gasteiger partial charge in [-0.25, -0.2) is 4.98 Å². The molecule has 4 nitrogen and oxygen atoms in total. The average Bonchev–Trinajstić information content (AvgIpc) is 2.48. The van der Waals surface area contributed by atoms with Crippen molar-refractivity contribution in [1.82, 2.24) is 20.1 Å². The number of nitrogens with one attached hydrogen (secondary N) is 1. The highest BCUT2D eigenvalue weighted by Gasteiger charge is 2.37. The van der Waals surface area contributed by atoms with E-state index >= 15 is 0 Å². The third-order valence-corrected chi connectivity index (χ3v) is 3.30. The summed E-state index contributed by atoms with van der Waals surface area (Å²) in [5.74, 6) is 1.11. The lowest BCUT2D eigenvalue weighted by molar-refractivity contribution is 0.129. The van der Waals surface area contributed by atoms with Crippen LogP contribution in [0.25, 0.3) is 0 Å². The lowest BCUT2D eigenvalue weighted by atomic mass is 9.66. The fourth-order valence-corrected chi connectivity index (χ4v) is 2.28. The van der Waals surface area contributed by atoms with Gasteiger partial charge in [0.25, 0.3) is 0 Å². The molecule has 0 unspecified atom stereocenters. The molecule has 0 bridgehead atoms. The summed E-state index contributed by atoms with van der Waals surface area (Å²) in [5.41, 5.74) is 0.454. The van der Waals surface area contributed by atoms with Crippen molar-refractivity contribution in [3.05, 3.63) is 12.2 Å². The van der Waals surface area contributed by atoms with Gasteiger partial charge in [0.15, 0.2) is 0 Å². The van der Waals surface area contributed by atoms with Gasteiger partial charge in [0, 0.05) is 20.0 Å². The Morgan fingerprint density at radius 3 is 2.79 bits per heavy atom. The molecule has 14 heavy (non-hydrogen) atoms. The van der Waals surface area contributed by atoms with Crippen LogP contribution in [0.5, 0.6) is 0 Å². The second-order valence-electron chi connectivity index (χ2n) is 4.36. The monoisotopic (exact) mass is 194 g/mol. The van der Waals surface area contributed by atoms with Crippen LogP contribution in [0.1, 0.15) is 25.1 Å². The van der Waals surface area contributed by atoms with Crippen molar-refractivity contribution in [2.75, 3.05) is 13.6 Å². The zero-order chi connectivity index (χ0) is 10.0. The van der Waals surface area contributed by atoms with Gasteiger partial charge in [-0.1, -0.05) is 6.42 Å². The fourth-order valence-electron chi connectivity index (χ4n) is 2.28. The standard InChI is InChI=1S/C10H18N4/c1-11-7-10(4-3-5-10)6-9-12-8-13-14(9)2/h8,11H,3-7H2,1-2H3. The van der Waals surface area contributed by atoms with Crippen LogP contribution < -0.4 is 5.32 Å². The molecule has 2 rings (SSSR count). The Balaban J connectivity index is 2.05. The molecule has 0 aliphatic heterocycles. The first-order valence-electron chi connectivity index (χ1n) is 5.23. The first kappa shape index (κ1) is 9.65. The molecule has 0 saturated heterocycles. The van der Waals surface area contributed by atoms with Crippen LogP contribution in [0.2, 0.25) is 0 Å². The Bertz CT molecular complexity index is 301. The highest BCUT2D eigenvalue weighted by atomic mass is 15.3. The van der Waals surface area contributed by atoms with E-state index in [0.717, 1.165) is 18.8 Å². The molecule has 0 spiro atoms. The van der Waals surface area contributed by atoms with Gasteiger partial charge >= 0.3 is 0 Å². The third-order valence-electron chi connectivity index (χ3n) is 3.30. The first-order chi connectivity index (χ1) is 6.76. The molecule has 1 heterocycles. The number of aromatic nitrogens is 3. The van der Waals surface area contributed by atoms with Gasteiger partial charge in [0.2, 0.25) is 0 Å². The molecule has 1 aliphatic rings. The first-order valence-corrected chi connectivity index (χ1v) is 5.23. The van der Waals surface area contributed by atoms with E-state index in [4.69, 9.17) is 0 Å². The Kier molecular flexibility index (Phi) is 2.54. The van der Waals surface area contributed by atoms with E-state index in [1.165, 1.54) is 19.3 Å². The quantitative estimate of drug-likeness (QED) is 0.769. The molecule has 1 N–H and O–H groups in total. The summed E-state index contributed by atoms with van der Waals surface area (Å²) in [5, 5.41) is 7.39. The maximum atomic E-state index is 4.29. The van der Waals surface area contributed by atoms with Gasteiger partial charge in [-0.15, -0.1) is 0 Å². The van der Waals surface area contributed by atoms with Crippen molar-refractivity contribution in [3.8, 4) is 0 Å². The maximum absolute atomic E-state index is 4.29. The predicted molar refractivity (Wildman–Crippen MR) is 54.9 cm³/mol. The van der Waals surface area contributed by atoms with Crippen molar-refractivity contribution in [1.29, 1.82) is 0 Å². The molecule has 4 heteroatoms. The number of hydrogen-bond acceptors (Lipinski definition) is 3. The van der Waals surface area contributed by atoms with Gasteiger partial charge in [0.05, 0.1) is 0 Å². The van der Waals surface area contributed by atoms with E-state index in [1.807, 2.05) is 18.8 Å². The number of nitrogens with zero attached hydrogens (tertiary/aromatic N) is 3. The molecular formula is C10H18N4. The number of aryl methyl sites for hydroxylation is 1. The van der Waals surface area contributed by atoms with Gasteiger partial charge < -0.3 is 5.32 Å². The summed E-state index contributed by atoms with van der Waals surface area (Å²) in [4.78, 5) is 4.29. The summed E-state index contributed by atoms with van der Waals surface area (Å²) in [6.07, 6.45) is 6.70. The van der Waals surface area contributed by atoms with E-state index in [1.54, 1.807) is 6.33 Å².